The molecule has 0 bridgehead atoms. The van der Waals surface area contributed by atoms with Gasteiger partial charge in [0, 0.05) is 10.7 Å². The lowest BCUT2D eigenvalue weighted by molar-refractivity contribution is -0.114. The Morgan fingerprint density at radius 3 is 2.42 bits per heavy atom. The van der Waals surface area contributed by atoms with E-state index in [1.165, 1.54) is 0 Å². The standard InChI is InChI=1S/C19H23ClN2O3S/c1-5-15-9-6-8-13(2)19(15)21-18(23)12-22(26(4,24)25)17-11-7-10-16(20)14(17)3/h6-11H,5,12H2,1-4H3,(H,21,23). The monoisotopic (exact) mass is 394 g/mol. The zero-order valence-electron chi connectivity index (χ0n) is 15.3. The van der Waals surface area contributed by atoms with Gasteiger partial charge >= 0.3 is 0 Å². The van der Waals surface area contributed by atoms with E-state index in [2.05, 4.69) is 5.32 Å². The highest BCUT2D eigenvalue weighted by Gasteiger charge is 2.23. The third kappa shape index (κ3) is 4.56. The van der Waals surface area contributed by atoms with E-state index < -0.39 is 15.9 Å². The molecule has 0 heterocycles. The molecule has 0 saturated carbocycles. The van der Waals surface area contributed by atoms with Gasteiger partial charge in [-0.25, -0.2) is 8.42 Å². The molecule has 2 rings (SSSR count). The summed E-state index contributed by atoms with van der Waals surface area (Å²) < 4.78 is 25.6. The summed E-state index contributed by atoms with van der Waals surface area (Å²) in [6, 6.07) is 10.8. The van der Waals surface area contributed by atoms with Gasteiger partial charge in [0.2, 0.25) is 15.9 Å². The van der Waals surface area contributed by atoms with Gasteiger partial charge in [-0.2, -0.15) is 0 Å². The number of hydrogen-bond donors (Lipinski definition) is 1. The Morgan fingerprint density at radius 2 is 1.81 bits per heavy atom. The fourth-order valence-corrected chi connectivity index (χ4v) is 3.84. The summed E-state index contributed by atoms with van der Waals surface area (Å²) in [5.74, 6) is -0.404. The van der Waals surface area contributed by atoms with Gasteiger partial charge in [-0.05, 0) is 49.1 Å². The first-order chi connectivity index (χ1) is 12.1. The van der Waals surface area contributed by atoms with Crippen LogP contribution in [0.25, 0.3) is 0 Å². The van der Waals surface area contributed by atoms with Crippen LogP contribution in [0.3, 0.4) is 0 Å². The number of amides is 1. The predicted octanol–water partition coefficient (Wildman–Crippen LogP) is 3.92. The third-order valence-electron chi connectivity index (χ3n) is 4.20. The SMILES string of the molecule is CCc1cccc(C)c1NC(=O)CN(c1cccc(Cl)c1C)S(C)(=O)=O. The molecule has 0 aliphatic carbocycles. The molecule has 0 unspecified atom stereocenters. The fourth-order valence-electron chi connectivity index (χ4n) is 2.76. The van der Waals surface area contributed by atoms with Gasteiger partial charge in [0.05, 0.1) is 11.9 Å². The van der Waals surface area contributed by atoms with Crippen molar-refractivity contribution in [3.63, 3.8) is 0 Å². The minimum atomic E-state index is -3.66. The number of para-hydroxylation sites is 1. The molecule has 0 spiro atoms. The van der Waals surface area contributed by atoms with Crippen LogP contribution in [0.1, 0.15) is 23.6 Å². The van der Waals surface area contributed by atoms with Crippen LogP contribution in [0.15, 0.2) is 36.4 Å². The number of anilines is 2. The van der Waals surface area contributed by atoms with E-state index in [1.54, 1.807) is 25.1 Å². The van der Waals surface area contributed by atoms with E-state index in [1.807, 2.05) is 32.0 Å². The van der Waals surface area contributed by atoms with Crippen LogP contribution in [0.5, 0.6) is 0 Å². The van der Waals surface area contributed by atoms with Gasteiger partial charge in [-0.1, -0.05) is 42.8 Å². The van der Waals surface area contributed by atoms with Crippen LogP contribution in [-0.4, -0.2) is 27.1 Å². The van der Waals surface area contributed by atoms with Gasteiger partial charge < -0.3 is 5.32 Å². The average Bonchev–Trinajstić information content (AvgIpc) is 2.56. The topological polar surface area (TPSA) is 66.5 Å². The molecule has 140 valence electrons. The van der Waals surface area contributed by atoms with E-state index in [0.717, 1.165) is 33.8 Å². The summed E-state index contributed by atoms with van der Waals surface area (Å²) in [5, 5.41) is 3.31. The molecular formula is C19H23ClN2O3S. The predicted molar refractivity (Wildman–Crippen MR) is 108 cm³/mol. The molecule has 0 aliphatic rings. The van der Waals surface area contributed by atoms with Crippen molar-refractivity contribution in [3.8, 4) is 0 Å². The summed E-state index contributed by atoms with van der Waals surface area (Å²) >= 11 is 6.11. The number of carbonyl (C=O) groups is 1. The van der Waals surface area contributed by atoms with Crippen molar-refractivity contribution in [2.45, 2.75) is 27.2 Å². The summed E-state index contributed by atoms with van der Waals surface area (Å²) in [6.45, 7) is 5.31. The number of nitrogens with zero attached hydrogens (tertiary/aromatic N) is 1. The van der Waals surface area contributed by atoms with Crippen molar-refractivity contribution in [2.24, 2.45) is 0 Å². The number of hydrogen-bond acceptors (Lipinski definition) is 3. The first-order valence-electron chi connectivity index (χ1n) is 8.26. The second-order valence-electron chi connectivity index (χ2n) is 6.16. The van der Waals surface area contributed by atoms with Gasteiger partial charge in [0.15, 0.2) is 0 Å². The highest BCUT2D eigenvalue weighted by atomic mass is 35.5. The van der Waals surface area contributed by atoms with Crippen molar-refractivity contribution in [3.05, 3.63) is 58.1 Å². The molecule has 0 fully saturated rings. The summed E-state index contributed by atoms with van der Waals surface area (Å²) in [6.07, 6.45) is 1.84. The van der Waals surface area contributed by atoms with Gasteiger partial charge in [0.1, 0.15) is 6.54 Å². The molecule has 1 amide bonds. The van der Waals surface area contributed by atoms with Gasteiger partial charge in [-0.3, -0.25) is 9.10 Å². The van der Waals surface area contributed by atoms with E-state index >= 15 is 0 Å². The first kappa shape index (κ1) is 20.3. The molecule has 0 saturated heterocycles. The maximum absolute atomic E-state index is 12.6. The van der Waals surface area contributed by atoms with Crippen LogP contribution in [0.4, 0.5) is 11.4 Å². The molecule has 5 nitrogen and oxygen atoms in total. The number of sulfonamides is 1. The van der Waals surface area contributed by atoms with Crippen LogP contribution >= 0.6 is 11.6 Å². The van der Waals surface area contributed by atoms with Crippen molar-refractivity contribution < 1.29 is 13.2 Å². The third-order valence-corrected chi connectivity index (χ3v) is 5.74. The number of nitrogens with one attached hydrogen (secondary N) is 1. The van der Waals surface area contributed by atoms with Crippen LogP contribution in [0, 0.1) is 13.8 Å². The zero-order chi connectivity index (χ0) is 19.5. The minimum Gasteiger partial charge on any atom is -0.324 e. The van der Waals surface area contributed by atoms with Gasteiger partial charge in [0.25, 0.3) is 0 Å². The second-order valence-corrected chi connectivity index (χ2v) is 8.48. The largest absolute Gasteiger partial charge is 0.324 e. The lowest BCUT2D eigenvalue weighted by Crippen LogP contribution is -2.38. The van der Waals surface area contributed by atoms with E-state index in [-0.39, 0.29) is 6.54 Å². The molecule has 0 radical (unpaired) electrons. The van der Waals surface area contributed by atoms with E-state index in [0.29, 0.717) is 16.3 Å². The quantitative estimate of drug-likeness (QED) is 0.807. The molecule has 0 aromatic heterocycles. The fraction of sp³-hybridized carbons (Fsp3) is 0.316. The maximum atomic E-state index is 12.6. The number of aryl methyl sites for hydroxylation is 2. The molecule has 2 aromatic rings. The second kappa shape index (κ2) is 8.10. The Kier molecular flexibility index (Phi) is 6.31. The number of rotatable bonds is 6. The maximum Gasteiger partial charge on any atom is 0.245 e. The highest BCUT2D eigenvalue weighted by molar-refractivity contribution is 7.92. The van der Waals surface area contributed by atoms with E-state index in [9.17, 15) is 13.2 Å². The van der Waals surface area contributed by atoms with Crippen LogP contribution < -0.4 is 9.62 Å². The van der Waals surface area contributed by atoms with Gasteiger partial charge in [-0.15, -0.1) is 0 Å². The molecule has 0 aliphatic heterocycles. The first-order valence-corrected chi connectivity index (χ1v) is 10.5. The van der Waals surface area contributed by atoms with Crippen LogP contribution in [-0.2, 0) is 21.2 Å². The van der Waals surface area contributed by atoms with Crippen molar-refractivity contribution >= 4 is 38.9 Å². The van der Waals surface area contributed by atoms with Crippen molar-refractivity contribution in [2.75, 3.05) is 22.4 Å². The summed E-state index contributed by atoms with van der Waals surface area (Å²) in [5.41, 5.74) is 3.68. The van der Waals surface area contributed by atoms with Crippen molar-refractivity contribution in [1.29, 1.82) is 0 Å². The number of benzene rings is 2. The zero-order valence-corrected chi connectivity index (χ0v) is 16.9. The molecule has 2 aromatic carbocycles. The summed E-state index contributed by atoms with van der Waals surface area (Å²) in [4.78, 5) is 12.6. The average molecular weight is 395 g/mol. The minimum absolute atomic E-state index is 0.322. The molecule has 7 heteroatoms. The van der Waals surface area contributed by atoms with Crippen LogP contribution in [0.2, 0.25) is 5.02 Å². The van der Waals surface area contributed by atoms with E-state index in [4.69, 9.17) is 11.6 Å². The Balaban J connectivity index is 2.33. The molecule has 26 heavy (non-hydrogen) atoms. The molecule has 1 N–H and O–H groups in total. The smallest absolute Gasteiger partial charge is 0.245 e. The number of carbonyl (C=O) groups excluding carboxylic acids is 1. The van der Waals surface area contributed by atoms with Crippen molar-refractivity contribution in [1.82, 2.24) is 0 Å². The molecule has 0 atom stereocenters. The lowest BCUT2D eigenvalue weighted by Gasteiger charge is -2.24. The highest BCUT2D eigenvalue weighted by Crippen LogP contribution is 2.28. The Morgan fingerprint density at radius 1 is 1.15 bits per heavy atom. The normalized spacial score (nSPS) is 11.3. The lowest BCUT2D eigenvalue weighted by atomic mass is 10.1. The Bertz CT molecular complexity index is 926. The Labute approximate surface area is 160 Å². The number of halogens is 1. The summed E-state index contributed by atoms with van der Waals surface area (Å²) in [7, 11) is -3.66. The molecular weight excluding hydrogens is 372 g/mol. The Hall–Kier alpha value is -2.05.